The van der Waals surface area contributed by atoms with E-state index >= 15 is 0 Å². The van der Waals surface area contributed by atoms with Crippen molar-refractivity contribution in [2.24, 2.45) is 5.92 Å². The molecule has 0 bridgehead atoms. The number of carbonyl (C=O) groups excluding carboxylic acids is 1. The van der Waals surface area contributed by atoms with Crippen LogP contribution in [0, 0.1) is 11.7 Å². The summed E-state index contributed by atoms with van der Waals surface area (Å²) in [6.07, 6.45) is 5.47. The fourth-order valence-electron chi connectivity index (χ4n) is 4.56. The van der Waals surface area contributed by atoms with Gasteiger partial charge < -0.3 is 9.47 Å². The van der Waals surface area contributed by atoms with E-state index in [1.807, 2.05) is 37.3 Å². The summed E-state index contributed by atoms with van der Waals surface area (Å²) < 4.78 is 42.5. The van der Waals surface area contributed by atoms with Crippen LogP contribution < -0.4 is 0 Å². The summed E-state index contributed by atoms with van der Waals surface area (Å²) in [4.78, 5) is 19.1. The van der Waals surface area contributed by atoms with E-state index in [4.69, 9.17) is 0 Å². The molecule has 0 aliphatic heterocycles. The van der Waals surface area contributed by atoms with Crippen LogP contribution in [0.3, 0.4) is 0 Å². The van der Waals surface area contributed by atoms with E-state index in [1.54, 1.807) is 15.5 Å². The minimum absolute atomic E-state index is 0.0368. The largest absolute Gasteiger partial charge is 0.337 e. The van der Waals surface area contributed by atoms with Crippen molar-refractivity contribution < 1.29 is 17.6 Å². The molecular formula is C26H30FN3O3S. The molecule has 1 amide bonds. The van der Waals surface area contributed by atoms with Gasteiger partial charge in [0.05, 0.1) is 30.7 Å². The van der Waals surface area contributed by atoms with Gasteiger partial charge in [-0.05, 0) is 31.4 Å². The Morgan fingerprint density at radius 2 is 1.76 bits per heavy atom. The lowest BCUT2D eigenvalue weighted by molar-refractivity contribution is -0.135. The highest BCUT2D eigenvalue weighted by molar-refractivity contribution is 7.90. The van der Waals surface area contributed by atoms with Gasteiger partial charge in [0.15, 0.2) is 0 Å². The highest BCUT2D eigenvalue weighted by Gasteiger charge is 2.29. The summed E-state index contributed by atoms with van der Waals surface area (Å²) in [5.41, 5.74) is 1.66. The summed E-state index contributed by atoms with van der Waals surface area (Å²) >= 11 is 0. The molecule has 1 saturated carbocycles. The lowest BCUT2D eigenvalue weighted by Crippen LogP contribution is -2.35. The van der Waals surface area contributed by atoms with Crippen LogP contribution in [-0.4, -0.2) is 35.3 Å². The number of carbonyl (C=O) groups is 1. The molecule has 2 aromatic carbocycles. The second-order valence-corrected chi connectivity index (χ2v) is 10.7. The van der Waals surface area contributed by atoms with Crippen LogP contribution in [0.15, 0.2) is 66.0 Å². The molecule has 0 radical (unpaired) electrons. The Bertz CT molecular complexity index is 1240. The first-order valence-corrected chi connectivity index (χ1v) is 13.4. The Labute approximate surface area is 200 Å². The molecule has 34 heavy (non-hydrogen) atoms. The highest BCUT2D eigenvalue weighted by atomic mass is 32.2. The second kappa shape index (κ2) is 10.5. The third kappa shape index (κ3) is 5.38. The molecule has 0 unspecified atom stereocenters. The summed E-state index contributed by atoms with van der Waals surface area (Å²) in [7, 11) is -3.94. The van der Waals surface area contributed by atoms with Crippen molar-refractivity contribution >= 4 is 15.7 Å². The van der Waals surface area contributed by atoms with Gasteiger partial charge in [0.2, 0.25) is 20.9 Å². The smallest absolute Gasteiger partial charge is 0.228 e. The monoisotopic (exact) mass is 483 g/mol. The first-order valence-electron chi connectivity index (χ1n) is 11.7. The van der Waals surface area contributed by atoms with E-state index in [-0.39, 0.29) is 35.6 Å². The van der Waals surface area contributed by atoms with Gasteiger partial charge in [-0.2, -0.15) is 0 Å². The number of benzene rings is 2. The van der Waals surface area contributed by atoms with Crippen molar-refractivity contribution in [1.82, 2.24) is 14.5 Å². The molecule has 6 nitrogen and oxygen atoms in total. The minimum Gasteiger partial charge on any atom is -0.337 e. The zero-order valence-corrected chi connectivity index (χ0v) is 20.2. The van der Waals surface area contributed by atoms with E-state index < -0.39 is 21.4 Å². The van der Waals surface area contributed by atoms with Gasteiger partial charge in [-0.25, -0.2) is 17.8 Å². The first-order chi connectivity index (χ1) is 16.4. The maximum Gasteiger partial charge on any atom is 0.228 e. The third-order valence-electron chi connectivity index (χ3n) is 6.42. The van der Waals surface area contributed by atoms with Crippen LogP contribution in [0.4, 0.5) is 4.39 Å². The van der Waals surface area contributed by atoms with Gasteiger partial charge in [-0.15, -0.1) is 0 Å². The van der Waals surface area contributed by atoms with Gasteiger partial charge in [0.1, 0.15) is 5.82 Å². The van der Waals surface area contributed by atoms with Crippen LogP contribution in [0.2, 0.25) is 0 Å². The lowest BCUT2D eigenvalue weighted by atomic mass is 10.1. The van der Waals surface area contributed by atoms with Crippen molar-refractivity contribution in [3.05, 3.63) is 83.4 Å². The minimum atomic E-state index is -3.94. The molecule has 1 aliphatic rings. The second-order valence-electron chi connectivity index (χ2n) is 8.79. The van der Waals surface area contributed by atoms with E-state index in [0.717, 1.165) is 31.2 Å². The summed E-state index contributed by atoms with van der Waals surface area (Å²) in [5, 5.41) is -0.112. The molecule has 3 aromatic rings. The number of halogens is 1. The standard InChI is InChI=1S/C26H30FN3O3S/c1-2-29(25(31)21-12-6-7-13-21)18-23-16-28-26(30(23)17-20-10-4-3-5-11-20)34(32,33)19-22-14-8-9-15-24(22)27/h3-5,8-11,14-16,21H,2,6-7,12-13,17-19H2,1H3. The predicted molar refractivity (Wildman–Crippen MR) is 128 cm³/mol. The lowest BCUT2D eigenvalue weighted by Gasteiger charge is -2.25. The molecule has 1 aromatic heterocycles. The van der Waals surface area contributed by atoms with Crippen molar-refractivity contribution in [3.8, 4) is 0 Å². The maximum atomic E-state index is 14.2. The Kier molecular flexibility index (Phi) is 7.46. The third-order valence-corrected chi connectivity index (χ3v) is 7.99. The molecule has 1 aliphatic carbocycles. The fourth-order valence-corrected chi connectivity index (χ4v) is 6.06. The first kappa shape index (κ1) is 24.1. The van der Waals surface area contributed by atoms with Crippen LogP contribution in [-0.2, 0) is 33.5 Å². The Balaban J connectivity index is 1.68. The Hall–Kier alpha value is -3.00. The molecule has 1 fully saturated rings. The highest BCUT2D eigenvalue weighted by Crippen LogP contribution is 2.28. The topological polar surface area (TPSA) is 72.3 Å². The summed E-state index contributed by atoms with van der Waals surface area (Å²) in [6, 6.07) is 15.4. The number of sulfone groups is 1. The molecule has 180 valence electrons. The predicted octanol–water partition coefficient (Wildman–Crippen LogP) is 4.58. The number of hydrogen-bond acceptors (Lipinski definition) is 4. The number of rotatable bonds is 9. The zero-order chi connectivity index (χ0) is 24.1. The Morgan fingerprint density at radius 3 is 2.44 bits per heavy atom. The zero-order valence-electron chi connectivity index (χ0n) is 19.4. The molecular weight excluding hydrogens is 453 g/mol. The molecule has 0 N–H and O–H groups in total. The number of nitrogens with zero attached hydrogens (tertiary/aromatic N) is 3. The van der Waals surface area contributed by atoms with E-state index in [2.05, 4.69) is 4.98 Å². The molecule has 0 saturated heterocycles. The molecule has 4 rings (SSSR count). The normalized spacial score (nSPS) is 14.4. The van der Waals surface area contributed by atoms with Gasteiger partial charge in [-0.1, -0.05) is 61.4 Å². The van der Waals surface area contributed by atoms with Gasteiger partial charge in [0.25, 0.3) is 0 Å². The molecule has 0 atom stereocenters. The van der Waals surface area contributed by atoms with Crippen molar-refractivity contribution in [2.45, 2.75) is 56.6 Å². The molecule has 0 spiro atoms. The quantitative estimate of drug-likeness (QED) is 0.447. The van der Waals surface area contributed by atoms with Gasteiger partial charge in [0, 0.05) is 18.0 Å². The number of hydrogen-bond donors (Lipinski definition) is 0. The SMILES string of the molecule is CCN(Cc1cnc(S(=O)(=O)Cc2ccccc2F)n1Cc1ccccc1)C(=O)C1CCCC1. The number of aromatic nitrogens is 2. The van der Waals surface area contributed by atoms with E-state index in [1.165, 1.54) is 24.4 Å². The molecule has 1 heterocycles. The molecule has 8 heteroatoms. The number of amides is 1. The summed E-state index contributed by atoms with van der Waals surface area (Å²) in [5.74, 6) is -0.895. The maximum absolute atomic E-state index is 14.2. The summed E-state index contributed by atoms with van der Waals surface area (Å²) in [6.45, 7) is 3.03. The average molecular weight is 484 g/mol. The van der Waals surface area contributed by atoms with Crippen molar-refractivity contribution in [3.63, 3.8) is 0 Å². The van der Waals surface area contributed by atoms with Crippen LogP contribution in [0.25, 0.3) is 0 Å². The van der Waals surface area contributed by atoms with Crippen molar-refractivity contribution in [2.75, 3.05) is 6.54 Å². The van der Waals surface area contributed by atoms with Crippen LogP contribution in [0.5, 0.6) is 0 Å². The average Bonchev–Trinajstić information content (AvgIpc) is 3.50. The van der Waals surface area contributed by atoms with Gasteiger partial charge >= 0.3 is 0 Å². The van der Waals surface area contributed by atoms with Crippen LogP contribution >= 0.6 is 0 Å². The number of imidazole rings is 1. The van der Waals surface area contributed by atoms with Crippen LogP contribution in [0.1, 0.15) is 49.4 Å². The Morgan fingerprint density at radius 1 is 1.09 bits per heavy atom. The van der Waals surface area contributed by atoms with Crippen molar-refractivity contribution in [1.29, 1.82) is 0 Å². The fraction of sp³-hybridized carbons (Fsp3) is 0.385. The van der Waals surface area contributed by atoms with E-state index in [9.17, 15) is 17.6 Å². The van der Waals surface area contributed by atoms with Gasteiger partial charge in [-0.3, -0.25) is 4.79 Å². The van der Waals surface area contributed by atoms with E-state index in [0.29, 0.717) is 12.2 Å².